The number of nitrogens with zero attached hydrogens (tertiary/aromatic N) is 4. The Morgan fingerprint density at radius 3 is 2.78 bits per heavy atom. The van der Waals surface area contributed by atoms with Gasteiger partial charge in [0.1, 0.15) is 5.01 Å². The first-order chi connectivity index (χ1) is 15.5. The quantitative estimate of drug-likeness (QED) is 0.524. The Labute approximate surface area is 191 Å². The maximum atomic E-state index is 13.0. The molecule has 1 atom stereocenters. The third-order valence-corrected chi connectivity index (χ3v) is 6.55. The van der Waals surface area contributed by atoms with Crippen molar-refractivity contribution in [3.05, 3.63) is 41.0 Å². The van der Waals surface area contributed by atoms with E-state index >= 15 is 0 Å². The lowest BCUT2D eigenvalue weighted by Crippen LogP contribution is -2.40. The molecule has 1 fully saturated rings. The first kappa shape index (κ1) is 22.3. The number of amides is 1. The molecule has 8 nitrogen and oxygen atoms in total. The first-order valence-electron chi connectivity index (χ1n) is 10.8. The van der Waals surface area contributed by atoms with Crippen molar-refractivity contribution in [2.24, 2.45) is 0 Å². The number of likely N-dealkylation sites (tertiary alicyclic amines) is 1. The summed E-state index contributed by atoms with van der Waals surface area (Å²) in [6.07, 6.45) is 2.16. The molecule has 1 unspecified atom stereocenters. The topological polar surface area (TPSA) is 90.6 Å². The highest BCUT2D eigenvalue weighted by Gasteiger charge is 2.28. The van der Waals surface area contributed by atoms with Gasteiger partial charge < -0.3 is 18.9 Å². The van der Waals surface area contributed by atoms with E-state index in [2.05, 4.69) is 15.1 Å². The molecule has 2 aromatic heterocycles. The average molecular weight is 457 g/mol. The predicted octanol–water partition coefficient (Wildman–Crippen LogP) is 4.28. The summed E-state index contributed by atoms with van der Waals surface area (Å²) in [4.78, 5) is 24.1. The van der Waals surface area contributed by atoms with E-state index in [1.165, 1.54) is 11.3 Å². The van der Waals surface area contributed by atoms with Gasteiger partial charge in [-0.1, -0.05) is 19.0 Å². The molecule has 0 radical (unpaired) electrons. The summed E-state index contributed by atoms with van der Waals surface area (Å²) < 4.78 is 16.0. The largest absolute Gasteiger partial charge is 0.493 e. The molecule has 4 rings (SSSR count). The molecular weight excluding hydrogens is 428 g/mol. The van der Waals surface area contributed by atoms with E-state index in [4.69, 9.17) is 14.0 Å². The fraction of sp³-hybridized carbons (Fsp3) is 0.478. The summed E-state index contributed by atoms with van der Waals surface area (Å²) in [6.45, 7) is 5.41. The van der Waals surface area contributed by atoms with Gasteiger partial charge >= 0.3 is 0 Å². The van der Waals surface area contributed by atoms with E-state index in [0.29, 0.717) is 29.8 Å². The maximum Gasteiger partial charge on any atom is 0.229 e. The van der Waals surface area contributed by atoms with Crippen LogP contribution in [0.3, 0.4) is 0 Å². The highest BCUT2D eigenvalue weighted by molar-refractivity contribution is 7.13. The van der Waals surface area contributed by atoms with E-state index in [9.17, 15) is 4.79 Å². The Kier molecular flexibility index (Phi) is 6.74. The van der Waals surface area contributed by atoms with Crippen LogP contribution in [0.1, 0.15) is 55.9 Å². The summed E-state index contributed by atoms with van der Waals surface area (Å²) in [5, 5.41) is 6.94. The van der Waals surface area contributed by atoms with E-state index in [1.807, 2.05) is 42.3 Å². The van der Waals surface area contributed by atoms with E-state index in [0.717, 1.165) is 35.7 Å². The molecule has 1 aliphatic heterocycles. The van der Waals surface area contributed by atoms with Crippen LogP contribution >= 0.6 is 11.3 Å². The maximum absolute atomic E-state index is 13.0. The van der Waals surface area contributed by atoms with Gasteiger partial charge in [0.05, 0.1) is 26.3 Å². The molecular formula is C23H28N4O4S. The second kappa shape index (κ2) is 9.68. The van der Waals surface area contributed by atoms with Gasteiger partial charge in [-0.2, -0.15) is 4.98 Å². The van der Waals surface area contributed by atoms with Crippen LogP contribution in [-0.4, -0.2) is 53.2 Å². The number of carbonyl (C=O) groups excluding carboxylic acids is 1. The number of carbonyl (C=O) groups is 1. The smallest absolute Gasteiger partial charge is 0.229 e. The van der Waals surface area contributed by atoms with Crippen LogP contribution in [0.2, 0.25) is 0 Å². The van der Waals surface area contributed by atoms with Crippen molar-refractivity contribution in [3.8, 4) is 22.1 Å². The molecule has 1 amide bonds. The molecule has 9 heteroatoms. The van der Waals surface area contributed by atoms with Crippen molar-refractivity contribution in [2.75, 3.05) is 27.3 Å². The van der Waals surface area contributed by atoms with Gasteiger partial charge in [-0.15, -0.1) is 11.3 Å². The zero-order valence-electron chi connectivity index (χ0n) is 18.8. The third kappa shape index (κ3) is 4.77. The molecule has 0 bridgehead atoms. The van der Waals surface area contributed by atoms with Gasteiger partial charge in [0, 0.05) is 35.9 Å². The second-order valence-electron chi connectivity index (χ2n) is 8.21. The van der Waals surface area contributed by atoms with E-state index in [-0.39, 0.29) is 24.2 Å². The molecule has 0 aliphatic carbocycles. The van der Waals surface area contributed by atoms with Crippen LogP contribution in [0.5, 0.6) is 11.5 Å². The van der Waals surface area contributed by atoms with Gasteiger partial charge in [-0.05, 0) is 31.0 Å². The monoisotopic (exact) mass is 456 g/mol. The Morgan fingerprint density at radius 2 is 2.06 bits per heavy atom. The zero-order valence-corrected chi connectivity index (χ0v) is 19.6. The molecule has 32 heavy (non-hydrogen) atoms. The van der Waals surface area contributed by atoms with Gasteiger partial charge in [0.25, 0.3) is 0 Å². The number of hydrogen-bond donors (Lipinski definition) is 0. The molecule has 3 heterocycles. The minimum Gasteiger partial charge on any atom is -0.493 e. The lowest BCUT2D eigenvalue weighted by molar-refractivity contribution is -0.131. The summed E-state index contributed by atoms with van der Waals surface area (Å²) in [5.41, 5.74) is 1.70. The zero-order chi connectivity index (χ0) is 22.7. The molecule has 1 aromatic carbocycles. The van der Waals surface area contributed by atoms with Gasteiger partial charge in [0.2, 0.25) is 11.8 Å². The lowest BCUT2D eigenvalue weighted by Gasteiger charge is -2.31. The average Bonchev–Trinajstić information content (AvgIpc) is 3.49. The number of aromatic nitrogens is 3. The van der Waals surface area contributed by atoms with Gasteiger partial charge in [0.15, 0.2) is 17.3 Å². The number of piperidine rings is 1. The number of benzene rings is 1. The van der Waals surface area contributed by atoms with Gasteiger partial charge in [-0.3, -0.25) is 4.79 Å². The predicted molar refractivity (Wildman–Crippen MR) is 121 cm³/mol. The summed E-state index contributed by atoms with van der Waals surface area (Å²) in [5.74, 6) is 3.06. The van der Waals surface area contributed by atoms with Crippen molar-refractivity contribution in [2.45, 2.75) is 44.9 Å². The SMILES string of the molecule is COc1ccc(-c2nc(CC(=O)N3CCCC(c4noc(C(C)C)n4)C3)cs2)cc1OC. The van der Waals surface area contributed by atoms with Crippen LogP contribution in [0.4, 0.5) is 0 Å². The highest BCUT2D eigenvalue weighted by atomic mass is 32.1. The van der Waals surface area contributed by atoms with Crippen LogP contribution < -0.4 is 9.47 Å². The van der Waals surface area contributed by atoms with Crippen LogP contribution in [0.15, 0.2) is 28.1 Å². The molecule has 0 saturated carbocycles. The van der Waals surface area contributed by atoms with Crippen molar-refractivity contribution >= 4 is 17.2 Å². The van der Waals surface area contributed by atoms with E-state index < -0.39 is 0 Å². The fourth-order valence-corrected chi connectivity index (χ4v) is 4.64. The van der Waals surface area contributed by atoms with Crippen molar-refractivity contribution in [3.63, 3.8) is 0 Å². The lowest BCUT2D eigenvalue weighted by atomic mass is 9.97. The number of ether oxygens (including phenoxy) is 2. The summed E-state index contributed by atoms with van der Waals surface area (Å²) >= 11 is 1.52. The molecule has 170 valence electrons. The minimum absolute atomic E-state index is 0.0754. The minimum atomic E-state index is 0.0754. The summed E-state index contributed by atoms with van der Waals surface area (Å²) in [7, 11) is 3.22. The Bertz CT molecular complexity index is 1080. The third-order valence-electron chi connectivity index (χ3n) is 5.61. The number of rotatable bonds is 7. The van der Waals surface area contributed by atoms with E-state index in [1.54, 1.807) is 14.2 Å². The van der Waals surface area contributed by atoms with Crippen LogP contribution in [-0.2, 0) is 11.2 Å². The fourth-order valence-electron chi connectivity index (χ4n) is 3.82. The Morgan fingerprint density at radius 1 is 1.25 bits per heavy atom. The summed E-state index contributed by atoms with van der Waals surface area (Å²) in [6, 6.07) is 5.70. The van der Waals surface area contributed by atoms with Crippen LogP contribution in [0, 0.1) is 0 Å². The van der Waals surface area contributed by atoms with Crippen molar-refractivity contribution < 1.29 is 18.8 Å². The van der Waals surface area contributed by atoms with Crippen molar-refractivity contribution in [1.29, 1.82) is 0 Å². The number of hydrogen-bond acceptors (Lipinski definition) is 8. The van der Waals surface area contributed by atoms with Gasteiger partial charge in [-0.25, -0.2) is 4.98 Å². The first-order valence-corrected chi connectivity index (χ1v) is 11.6. The van der Waals surface area contributed by atoms with Crippen LogP contribution in [0.25, 0.3) is 10.6 Å². The molecule has 0 spiro atoms. The Hall–Kier alpha value is -2.94. The Balaban J connectivity index is 1.41. The standard InChI is InChI=1S/C23H28N4O4S/c1-14(2)22-25-21(26-31-22)16-6-5-9-27(12-16)20(28)11-17-13-32-23(24-17)15-7-8-18(29-3)19(10-15)30-4/h7-8,10,13-14,16H,5-6,9,11-12H2,1-4H3. The number of methoxy groups -OCH3 is 2. The highest BCUT2D eigenvalue weighted by Crippen LogP contribution is 2.34. The molecule has 0 N–H and O–H groups in total. The molecule has 1 aliphatic rings. The molecule has 3 aromatic rings. The normalized spacial score (nSPS) is 16.4. The van der Waals surface area contributed by atoms with Crippen molar-refractivity contribution in [1.82, 2.24) is 20.0 Å². The second-order valence-corrected chi connectivity index (χ2v) is 9.07. The molecule has 1 saturated heterocycles. The number of thiazole rings is 1.